The number of aromatic nitrogens is 3. The van der Waals surface area contributed by atoms with E-state index in [0.29, 0.717) is 12.5 Å². The Balaban J connectivity index is 1.92. The summed E-state index contributed by atoms with van der Waals surface area (Å²) in [6, 6.07) is 0. The molecule has 2 aromatic heterocycles. The van der Waals surface area contributed by atoms with Crippen molar-refractivity contribution in [3.05, 3.63) is 27.2 Å². The molecule has 0 aliphatic heterocycles. The van der Waals surface area contributed by atoms with E-state index in [4.69, 9.17) is 10.2 Å². The van der Waals surface area contributed by atoms with Crippen LogP contribution in [0.5, 0.6) is 0 Å². The molecule has 6 nitrogen and oxygen atoms in total. The first kappa shape index (κ1) is 14.5. The van der Waals surface area contributed by atoms with E-state index in [2.05, 4.69) is 4.98 Å². The van der Waals surface area contributed by atoms with Gasteiger partial charge in [0, 0.05) is 16.9 Å². The van der Waals surface area contributed by atoms with E-state index in [0.717, 1.165) is 60.8 Å². The van der Waals surface area contributed by atoms with Gasteiger partial charge in [-0.15, -0.1) is 0 Å². The zero-order valence-electron chi connectivity index (χ0n) is 13.1. The first-order valence-electron chi connectivity index (χ1n) is 8.51. The van der Waals surface area contributed by atoms with Gasteiger partial charge in [0.15, 0.2) is 0 Å². The van der Waals surface area contributed by atoms with Gasteiger partial charge >= 0.3 is 5.97 Å². The van der Waals surface area contributed by atoms with Crippen molar-refractivity contribution < 1.29 is 9.90 Å². The third-order valence-electron chi connectivity index (χ3n) is 5.28. The van der Waals surface area contributed by atoms with E-state index < -0.39 is 5.97 Å². The Bertz CT molecular complexity index is 830. The van der Waals surface area contributed by atoms with Gasteiger partial charge in [0.25, 0.3) is 5.56 Å². The summed E-state index contributed by atoms with van der Waals surface area (Å²) in [5.41, 5.74) is 3.86. The second kappa shape index (κ2) is 5.51. The summed E-state index contributed by atoms with van der Waals surface area (Å²) in [6.07, 6.45) is 7.45. The zero-order chi connectivity index (χ0) is 16.0. The van der Waals surface area contributed by atoms with Crippen LogP contribution in [-0.4, -0.2) is 25.8 Å². The number of rotatable bonds is 4. The number of H-pyrrole nitrogens is 1. The van der Waals surface area contributed by atoms with Crippen molar-refractivity contribution in [1.82, 2.24) is 14.8 Å². The summed E-state index contributed by atoms with van der Waals surface area (Å²) in [7, 11) is 0. The highest BCUT2D eigenvalue weighted by Gasteiger charge is 2.29. The molecule has 1 fully saturated rings. The lowest BCUT2D eigenvalue weighted by Gasteiger charge is -2.25. The third-order valence-corrected chi connectivity index (χ3v) is 5.28. The summed E-state index contributed by atoms with van der Waals surface area (Å²) in [5, 5.41) is 14.8. The smallest absolute Gasteiger partial charge is 0.305 e. The Kier molecular flexibility index (Phi) is 3.47. The number of aryl methyl sites for hydroxylation is 2. The maximum absolute atomic E-state index is 12.4. The molecule has 0 bridgehead atoms. The van der Waals surface area contributed by atoms with E-state index in [-0.39, 0.29) is 12.0 Å². The summed E-state index contributed by atoms with van der Waals surface area (Å²) < 4.78 is 1.70. The van der Waals surface area contributed by atoms with Gasteiger partial charge in [-0.05, 0) is 44.1 Å². The number of pyridine rings is 1. The highest BCUT2D eigenvalue weighted by molar-refractivity contribution is 5.84. The first-order valence-corrected chi connectivity index (χ1v) is 8.51. The average Bonchev–Trinajstić information content (AvgIpc) is 2.82. The van der Waals surface area contributed by atoms with Gasteiger partial charge in [0.2, 0.25) is 0 Å². The van der Waals surface area contributed by atoms with Crippen LogP contribution in [0.2, 0.25) is 0 Å². The topological polar surface area (TPSA) is 88.0 Å². The maximum atomic E-state index is 12.4. The molecule has 0 amide bonds. The number of hydrogen-bond donors (Lipinski definition) is 2. The second-order valence-corrected chi connectivity index (χ2v) is 6.72. The number of nitrogens with zero attached hydrogens (tertiary/aromatic N) is 2. The molecule has 0 unspecified atom stereocenters. The molecule has 2 aliphatic carbocycles. The van der Waals surface area contributed by atoms with Crippen molar-refractivity contribution in [2.45, 2.75) is 63.8 Å². The number of fused-ring (bicyclic) bond motifs is 3. The normalized spacial score (nSPS) is 17.9. The summed E-state index contributed by atoms with van der Waals surface area (Å²) in [4.78, 5) is 26.3. The third kappa shape index (κ3) is 2.36. The molecule has 0 saturated heterocycles. The molecule has 2 heterocycles. The van der Waals surface area contributed by atoms with Gasteiger partial charge in [0.05, 0.1) is 18.7 Å². The minimum absolute atomic E-state index is 0.0139. The fourth-order valence-electron chi connectivity index (χ4n) is 3.85. The van der Waals surface area contributed by atoms with Crippen LogP contribution in [-0.2, 0) is 24.2 Å². The molecule has 0 aromatic carbocycles. The van der Waals surface area contributed by atoms with E-state index in [1.807, 2.05) is 0 Å². The molecule has 2 aliphatic rings. The van der Waals surface area contributed by atoms with Crippen molar-refractivity contribution >= 4 is 17.0 Å². The minimum Gasteiger partial charge on any atom is -0.481 e. The fraction of sp³-hybridized carbons (Fsp3) is 0.588. The molecule has 23 heavy (non-hydrogen) atoms. The monoisotopic (exact) mass is 315 g/mol. The lowest BCUT2D eigenvalue weighted by Crippen LogP contribution is -2.20. The molecule has 122 valence electrons. The first-order chi connectivity index (χ1) is 11.1. The van der Waals surface area contributed by atoms with Crippen molar-refractivity contribution in [2.75, 3.05) is 0 Å². The molecule has 4 rings (SSSR count). The Morgan fingerprint density at radius 2 is 1.96 bits per heavy atom. The van der Waals surface area contributed by atoms with Gasteiger partial charge in [-0.3, -0.25) is 9.59 Å². The Morgan fingerprint density at radius 1 is 1.22 bits per heavy atom. The number of aliphatic carboxylic acids is 1. The molecule has 0 spiro atoms. The Morgan fingerprint density at radius 3 is 2.61 bits per heavy atom. The van der Waals surface area contributed by atoms with Gasteiger partial charge in [-0.2, -0.15) is 5.10 Å². The highest BCUT2D eigenvalue weighted by Crippen LogP contribution is 2.40. The van der Waals surface area contributed by atoms with Crippen LogP contribution >= 0.6 is 0 Å². The van der Waals surface area contributed by atoms with Crippen LogP contribution < -0.4 is 5.56 Å². The number of aromatic amines is 1. The fourth-order valence-corrected chi connectivity index (χ4v) is 3.85. The van der Waals surface area contributed by atoms with Gasteiger partial charge in [-0.25, -0.2) is 4.68 Å². The standard InChI is InChI=1S/C17H21N3O3/c21-13(22)8-9-20-16-14(15(19-20)10-4-3-5-10)11-6-1-2-7-12(11)17(23)18-16/h10H,1-9H2,(H,18,23)(H,21,22). The van der Waals surface area contributed by atoms with Crippen LogP contribution in [0.25, 0.3) is 11.0 Å². The quantitative estimate of drug-likeness (QED) is 0.906. The number of carboxylic acids is 1. The number of carboxylic acid groups (broad SMARTS) is 1. The van der Waals surface area contributed by atoms with Crippen LogP contribution in [0, 0.1) is 0 Å². The summed E-state index contributed by atoms with van der Waals surface area (Å²) in [5.74, 6) is -0.389. The van der Waals surface area contributed by atoms with Crippen molar-refractivity contribution in [1.29, 1.82) is 0 Å². The molecule has 2 N–H and O–H groups in total. The number of nitrogens with one attached hydrogen (secondary N) is 1. The molecule has 6 heteroatoms. The van der Waals surface area contributed by atoms with E-state index >= 15 is 0 Å². The number of hydrogen-bond acceptors (Lipinski definition) is 3. The predicted molar refractivity (Wildman–Crippen MR) is 85.8 cm³/mol. The zero-order valence-corrected chi connectivity index (χ0v) is 13.1. The van der Waals surface area contributed by atoms with E-state index in [1.54, 1.807) is 4.68 Å². The number of carbonyl (C=O) groups is 1. The molecule has 2 aromatic rings. The van der Waals surface area contributed by atoms with Crippen LogP contribution in [0.4, 0.5) is 0 Å². The van der Waals surface area contributed by atoms with Crippen LogP contribution in [0.1, 0.15) is 61.3 Å². The lowest BCUT2D eigenvalue weighted by atomic mass is 9.80. The van der Waals surface area contributed by atoms with Gasteiger partial charge in [-0.1, -0.05) is 6.42 Å². The predicted octanol–water partition coefficient (Wildman–Crippen LogP) is 2.35. The van der Waals surface area contributed by atoms with E-state index in [9.17, 15) is 9.59 Å². The SMILES string of the molecule is O=C(O)CCn1nc(C2CCC2)c2c3c(c(=O)[nH]c21)CCCC3. The molecule has 0 radical (unpaired) electrons. The highest BCUT2D eigenvalue weighted by atomic mass is 16.4. The molecular weight excluding hydrogens is 294 g/mol. The average molecular weight is 315 g/mol. The van der Waals surface area contributed by atoms with Crippen LogP contribution in [0.15, 0.2) is 4.79 Å². The van der Waals surface area contributed by atoms with Gasteiger partial charge < -0.3 is 10.1 Å². The van der Waals surface area contributed by atoms with Crippen molar-refractivity contribution in [3.63, 3.8) is 0 Å². The second-order valence-electron chi connectivity index (χ2n) is 6.72. The minimum atomic E-state index is -0.848. The Labute approximate surface area is 133 Å². The molecular formula is C17H21N3O3. The summed E-state index contributed by atoms with van der Waals surface area (Å²) >= 11 is 0. The Hall–Kier alpha value is -2.11. The molecule has 0 atom stereocenters. The molecule has 1 saturated carbocycles. The van der Waals surface area contributed by atoms with Gasteiger partial charge in [0.1, 0.15) is 5.65 Å². The van der Waals surface area contributed by atoms with Crippen molar-refractivity contribution in [2.24, 2.45) is 0 Å². The van der Waals surface area contributed by atoms with Crippen molar-refractivity contribution in [3.8, 4) is 0 Å². The maximum Gasteiger partial charge on any atom is 0.305 e. The largest absolute Gasteiger partial charge is 0.481 e. The van der Waals surface area contributed by atoms with E-state index in [1.165, 1.54) is 12.0 Å². The lowest BCUT2D eigenvalue weighted by molar-refractivity contribution is -0.137. The summed E-state index contributed by atoms with van der Waals surface area (Å²) in [6.45, 7) is 0.299. The van der Waals surface area contributed by atoms with Crippen LogP contribution in [0.3, 0.4) is 0 Å².